The third kappa shape index (κ3) is 4.88. The Morgan fingerprint density at radius 3 is 2.59 bits per heavy atom. The maximum absolute atomic E-state index is 13.5. The van der Waals surface area contributed by atoms with E-state index < -0.39 is 5.82 Å². The number of rotatable bonds is 3. The average Bonchev–Trinajstić information content (AvgIpc) is 2.71. The van der Waals surface area contributed by atoms with E-state index >= 15 is 0 Å². The van der Waals surface area contributed by atoms with E-state index in [4.69, 9.17) is 4.74 Å². The van der Waals surface area contributed by atoms with Crippen molar-refractivity contribution < 1.29 is 19.0 Å². The molecule has 0 bridgehead atoms. The number of morpholine rings is 1. The normalized spacial score (nSPS) is 19.3. The van der Waals surface area contributed by atoms with E-state index in [2.05, 4.69) is 15.2 Å². The number of carbonyl (C=O) groups excluding carboxylic acids is 1. The lowest BCUT2D eigenvalue weighted by molar-refractivity contribution is -0.140. The fraction of sp³-hybridized carbons (Fsp3) is 0.579. The fourth-order valence-electron chi connectivity index (χ4n) is 3.55. The first kappa shape index (κ1) is 19.4. The number of benzene rings is 1. The standard InChI is InChI=1S/C19H27FN4O3/c1-21-19(22-13-14-2-3-17(25)16(20)12-14)24-6-4-15(5-7-24)18(26)23-8-10-27-11-9-23/h2-3,12,15,25H,4-11,13H2,1H3,(H,21,22). The van der Waals surface area contributed by atoms with Crippen molar-refractivity contribution in [1.82, 2.24) is 15.1 Å². The number of nitrogens with one attached hydrogen (secondary N) is 1. The zero-order chi connectivity index (χ0) is 19.2. The second-order valence-corrected chi connectivity index (χ2v) is 6.89. The summed E-state index contributed by atoms with van der Waals surface area (Å²) >= 11 is 0. The largest absolute Gasteiger partial charge is 0.505 e. The molecule has 0 unspecified atom stereocenters. The van der Waals surface area contributed by atoms with Crippen LogP contribution in [0.1, 0.15) is 18.4 Å². The van der Waals surface area contributed by atoms with Gasteiger partial charge in [-0.05, 0) is 30.5 Å². The molecule has 1 aromatic carbocycles. The van der Waals surface area contributed by atoms with Crippen LogP contribution in [0.2, 0.25) is 0 Å². The van der Waals surface area contributed by atoms with E-state index in [1.54, 1.807) is 13.1 Å². The first-order chi connectivity index (χ1) is 13.1. The smallest absolute Gasteiger partial charge is 0.225 e. The predicted octanol–water partition coefficient (Wildman–Crippen LogP) is 1.18. The summed E-state index contributed by atoms with van der Waals surface area (Å²) in [6, 6.07) is 4.33. The summed E-state index contributed by atoms with van der Waals surface area (Å²) < 4.78 is 18.8. The highest BCUT2D eigenvalue weighted by atomic mass is 19.1. The molecule has 0 aromatic heterocycles. The Bertz CT molecular complexity index is 684. The van der Waals surface area contributed by atoms with Gasteiger partial charge in [0, 0.05) is 45.7 Å². The van der Waals surface area contributed by atoms with Gasteiger partial charge in [0.1, 0.15) is 0 Å². The molecule has 2 N–H and O–H groups in total. The van der Waals surface area contributed by atoms with Gasteiger partial charge in [0.2, 0.25) is 5.91 Å². The van der Waals surface area contributed by atoms with E-state index in [0.717, 1.165) is 37.5 Å². The summed E-state index contributed by atoms with van der Waals surface area (Å²) in [5.41, 5.74) is 0.726. The summed E-state index contributed by atoms with van der Waals surface area (Å²) in [6.07, 6.45) is 1.59. The van der Waals surface area contributed by atoms with Crippen LogP contribution in [0.4, 0.5) is 4.39 Å². The Morgan fingerprint density at radius 1 is 1.26 bits per heavy atom. The summed E-state index contributed by atoms with van der Waals surface area (Å²) in [6.45, 7) is 4.54. The number of ether oxygens (including phenoxy) is 1. The molecule has 7 nitrogen and oxygen atoms in total. The lowest BCUT2D eigenvalue weighted by atomic mass is 9.95. The number of aromatic hydroxyl groups is 1. The van der Waals surface area contributed by atoms with Crippen LogP contribution >= 0.6 is 0 Å². The summed E-state index contributed by atoms with van der Waals surface area (Å²) in [7, 11) is 1.71. The zero-order valence-corrected chi connectivity index (χ0v) is 15.7. The van der Waals surface area contributed by atoms with E-state index in [1.807, 2.05) is 4.90 Å². The number of hydrogen-bond acceptors (Lipinski definition) is 4. The molecule has 27 heavy (non-hydrogen) atoms. The number of nitrogens with zero attached hydrogens (tertiary/aromatic N) is 3. The topological polar surface area (TPSA) is 77.4 Å². The third-order valence-electron chi connectivity index (χ3n) is 5.14. The van der Waals surface area contributed by atoms with E-state index in [1.165, 1.54) is 12.1 Å². The number of piperidine rings is 1. The van der Waals surface area contributed by atoms with Gasteiger partial charge in [-0.1, -0.05) is 6.07 Å². The van der Waals surface area contributed by atoms with Crippen molar-refractivity contribution in [3.63, 3.8) is 0 Å². The number of phenolic OH excluding ortho intramolecular Hbond substituents is 1. The van der Waals surface area contributed by atoms with Crippen LogP contribution in [0, 0.1) is 11.7 Å². The van der Waals surface area contributed by atoms with Crippen LogP contribution in [0.5, 0.6) is 5.75 Å². The van der Waals surface area contributed by atoms with Gasteiger partial charge < -0.3 is 25.0 Å². The number of amides is 1. The maximum Gasteiger partial charge on any atom is 0.225 e. The van der Waals surface area contributed by atoms with Crippen LogP contribution in [-0.4, -0.2) is 73.2 Å². The Kier molecular flexibility index (Phi) is 6.49. The SMILES string of the molecule is CN=C(NCc1ccc(O)c(F)c1)N1CCC(C(=O)N2CCOCC2)CC1. The summed E-state index contributed by atoms with van der Waals surface area (Å²) in [5, 5.41) is 12.5. The molecule has 2 aliphatic rings. The van der Waals surface area contributed by atoms with E-state index in [0.29, 0.717) is 32.8 Å². The number of carbonyl (C=O) groups is 1. The molecule has 2 fully saturated rings. The molecule has 3 rings (SSSR count). The highest BCUT2D eigenvalue weighted by molar-refractivity contribution is 5.81. The van der Waals surface area contributed by atoms with E-state index in [-0.39, 0.29) is 17.6 Å². The molecule has 0 atom stereocenters. The van der Waals surface area contributed by atoms with Crippen LogP contribution in [0.25, 0.3) is 0 Å². The number of hydrogen-bond donors (Lipinski definition) is 2. The van der Waals surface area contributed by atoms with Gasteiger partial charge in [0.25, 0.3) is 0 Å². The average molecular weight is 378 g/mol. The van der Waals surface area contributed by atoms with E-state index in [9.17, 15) is 14.3 Å². The zero-order valence-electron chi connectivity index (χ0n) is 15.7. The Labute approximate surface area is 158 Å². The van der Waals surface area contributed by atoms with Crippen molar-refractivity contribution in [2.24, 2.45) is 10.9 Å². The minimum atomic E-state index is -0.633. The first-order valence-electron chi connectivity index (χ1n) is 9.38. The Balaban J connectivity index is 1.49. The Morgan fingerprint density at radius 2 is 1.96 bits per heavy atom. The number of halogens is 1. The minimum Gasteiger partial charge on any atom is -0.505 e. The van der Waals surface area contributed by atoms with Crippen molar-refractivity contribution in [3.8, 4) is 5.75 Å². The van der Waals surface area contributed by atoms with Gasteiger partial charge in [0.15, 0.2) is 17.5 Å². The second kappa shape index (κ2) is 9.03. The number of guanidine groups is 1. The fourth-order valence-corrected chi connectivity index (χ4v) is 3.55. The monoisotopic (exact) mass is 378 g/mol. The number of phenols is 1. The highest BCUT2D eigenvalue weighted by Gasteiger charge is 2.30. The Hall–Kier alpha value is -2.35. The minimum absolute atomic E-state index is 0.0589. The lowest BCUT2D eigenvalue weighted by Crippen LogP contribution is -2.49. The van der Waals surface area contributed by atoms with Gasteiger partial charge in [-0.25, -0.2) is 4.39 Å². The molecular weight excluding hydrogens is 351 g/mol. The van der Waals surface area contributed by atoms with Crippen molar-refractivity contribution in [2.45, 2.75) is 19.4 Å². The van der Waals surface area contributed by atoms with Crippen LogP contribution < -0.4 is 5.32 Å². The molecule has 148 valence electrons. The van der Waals surface area contributed by atoms with Crippen molar-refractivity contribution in [3.05, 3.63) is 29.6 Å². The predicted molar refractivity (Wildman–Crippen MR) is 100.0 cm³/mol. The van der Waals surface area contributed by atoms with Gasteiger partial charge in [0.05, 0.1) is 13.2 Å². The van der Waals surface area contributed by atoms with Crippen molar-refractivity contribution in [1.29, 1.82) is 0 Å². The van der Waals surface area contributed by atoms with Crippen LogP contribution in [0.3, 0.4) is 0 Å². The second-order valence-electron chi connectivity index (χ2n) is 6.89. The van der Waals surface area contributed by atoms with Crippen molar-refractivity contribution in [2.75, 3.05) is 46.4 Å². The quantitative estimate of drug-likeness (QED) is 0.610. The molecule has 2 saturated heterocycles. The van der Waals surface area contributed by atoms with Gasteiger partial charge in [-0.2, -0.15) is 0 Å². The molecule has 2 heterocycles. The summed E-state index contributed by atoms with van der Waals surface area (Å²) in [4.78, 5) is 21.0. The molecule has 0 spiro atoms. The third-order valence-corrected chi connectivity index (χ3v) is 5.14. The highest BCUT2D eigenvalue weighted by Crippen LogP contribution is 2.21. The molecule has 8 heteroatoms. The molecule has 0 radical (unpaired) electrons. The molecule has 0 saturated carbocycles. The van der Waals surface area contributed by atoms with Crippen LogP contribution in [-0.2, 0) is 16.1 Å². The molecular formula is C19H27FN4O3. The molecule has 1 amide bonds. The van der Waals surface area contributed by atoms with Crippen LogP contribution in [0.15, 0.2) is 23.2 Å². The number of aliphatic imine (C=N–C) groups is 1. The first-order valence-corrected chi connectivity index (χ1v) is 9.38. The number of likely N-dealkylation sites (tertiary alicyclic amines) is 1. The lowest BCUT2D eigenvalue weighted by Gasteiger charge is -2.36. The molecule has 0 aliphatic carbocycles. The maximum atomic E-state index is 13.5. The van der Waals surface area contributed by atoms with Gasteiger partial charge in [-0.15, -0.1) is 0 Å². The molecule has 1 aromatic rings. The molecule has 2 aliphatic heterocycles. The van der Waals surface area contributed by atoms with Gasteiger partial charge in [-0.3, -0.25) is 9.79 Å². The van der Waals surface area contributed by atoms with Gasteiger partial charge >= 0.3 is 0 Å². The van der Waals surface area contributed by atoms with Crippen molar-refractivity contribution >= 4 is 11.9 Å². The summed E-state index contributed by atoms with van der Waals surface area (Å²) in [5.74, 6) is 0.0479.